The fourth-order valence-corrected chi connectivity index (χ4v) is 2.66. The van der Waals surface area contributed by atoms with Crippen molar-refractivity contribution in [1.29, 1.82) is 0 Å². The SMILES string of the molecule is Cc1ccccc1CC(N)c1cccc2cnccc12. The Morgan fingerprint density at radius 3 is 2.75 bits per heavy atom. The summed E-state index contributed by atoms with van der Waals surface area (Å²) in [6, 6.07) is 16.7. The van der Waals surface area contributed by atoms with Gasteiger partial charge in [-0.15, -0.1) is 0 Å². The standard InChI is InChI=1S/C18H18N2/c1-13-5-2-3-6-14(13)11-18(19)17-8-4-7-15-12-20-10-9-16(15)17/h2-10,12,18H,11,19H2,1H3. The van der Waals surface area contributed by atoms with Crippen LogP contribution in [0.15, 0.2) is 60.9 Å². The summed E-state index contributed by atoms with van der Waals surface area (Å²) >= 11 is 0. The Hall–Kier alpha value is -2.19. The van der Waals surface area contributed by atoms with Crippen molar-refractivity contribution in [2.75, 3.05) is 0 Å². The zero-order valence-corrected chi connectivity index (χ0v) is 11.6. The molecule has 3 rings (SSSR count). The van der Waals surface area contributed by atoms with Crippen LogP contribution in [0.1, 0.15) is 22.7 Å². The van der Waals surface area contributed by atoms with Gasteiger partial charge in [-0.3, -0.25) is 4.98 Å². The summed E-state index contributed by atoms with van der Waals surface area (Å²) in [4.78, 5) is 4.17. The minimum absolute atomic E-state index is 0.00204. The zero-order valence-electron chi connectivity index (χ0n) is 11.6. The predicted molar refractivity (Wildman–Crippen MR) is 83.6 cm³/mol. The third-order valence-corrected chi connectivity index (χ3v) is 3.82. The van der Waals surface area contributed by atoms with Crippen molar-refractivity contribution in [2.24, 2.45) is 5.73 Å². The maximum Gasteiger partial charge on any atom is 0.0346 e. The molecule has 0 amide bonds. The lowest BCUT2D eigenvalue weighted by Crippen LogP contribution is -2.14. The molecule has 0 aliphatic rings. The maximum absolute atomic E-state index is 6.44. The first kappa shape index (κ1) is 12.8. The van der Waals surface area contributed by atoms with Gasteiger partial charge in [0, 0.05) is 23.8 Å². The summed E-state index contributed by atoms with van der Waals surface area (Å²) in [7, 11) is 0. The molecule has 20 heavy (non-hydrogen) atoms. The molecule has 0 bridgehead atoms. The Kier molecular flexibility index (Phi) is 3.48. The molecule has 1 aromatic heterocycles. The van der Waals surface area contributed by atoms with Gasteiger partial charge in [0.1, 0.15) is 0 Å². The first-order valence-corrected chi connectivity index (χ1v) is 6.88. The predicted octanol–water partition coefficient (Wildman–Crippen LogP) is 3.79. The Bertz CT molecular complexity index is 729. The van der Waals surface area contributed by atoms with E-state index < -0.39 is 0 Å². The van der Waals surface area contributed by atoms with E-state index in [2.05, 4.69) is 54.4 Å². The Labute approximate surface area is 119 Å². The van der Waals surface area contributed by atoms with Crippen LogP contribution in [0.3, 0.4) is 0 Å². The summed E-state index contributed by atoms with van der Waals surface area (Å²) in [5.74, 6) is 0. The highest BCUT2D eigenvalue weighted by Gasteiger charge is 2.11. The van der Waals surface area contributed by atoms with Gasteiger partial charge >= 0.3 is 0 Å². The maximum atomic E-state index is 6.44. The fourth-order valence-electron chi connectivity index (χ4n) is 2.66. The third-order valence-electron chi connectivity index (χ3n) is 3.82. The van der Waals surface area contributed by atoms with Gasteiger partial charge in [0.05, 0.1) is 0 Å². The number of pyridine rings is 1. The van der Waals surface area contributed by atoms with Crippen LogP contribution in [0, 0.1) is 6.92 Å². The van der Waals surface area contributed by atoms with Crippen LogP contribution >= 0.6 is 0 Å². The molecular weight excluding hydrogens is 244 g/mol. The van der Waals surface area contributed by atoms with Crippen molar-refractivity contribution in [3.63, 3.8) is 0 Å². The normalized spacial score (nSPS) is 12.5. The Morgan fingerprint density at radius 2 is 1.90 bits per heavy atom. The molecule has 2 N–H and O–H groups in total. The molecule has 1 atom stereocenters. The van der Waals surface area contributed by atoms with Crippen LogP contribution in [0.2, 0.25) is 0 Å². The molecule has 2 nitrogen and oxygen atoms in total. The monoisotopic (exact) mass is 262 g/mol. The topological polar surface area (TPSA) is 38.9 Å². The lowest BCUT2D eigenvalue weighted by molar-refractivity contribution is 0.725. The summed E-state index contributed by atoms with van der Waals surface area (Å²) < 4.78 is 0. The molecule has 0 radical (unpaired) electrons. The molecule has 0 spiro atoms. The van der Waals surface area contributed by atoms with Gasteiger partial charge in [0.15, 0.2) is 0 Å². The van der Waals surface area contributed by atoms with Gasteiger partial charge in [0.2, 0.25) is 0 Å². The Morgan fingerprint density at radius 1 is 1.05 bits per heavy atom. The lowest BCUT2D eigenvalue weighted by Gasteiger charge is -2.16. The van der Waals surface area contributed by atoms with Crippen molar-refractivity contribution in [3.8, 4) is 0 Å². The minimum atomic E-state index is 0.00204. The number of aromatic nitrogens is 1. The minimum Gasteiger partial charge on any atom is -0.324 e. The molecule has 0 aliphatic heterocycles. The molecule has 100 valence electrons. The van der Waals surface area contributed by atoms with Crippen molar-refractivity contribution in [3.05, 3.63) is 77.6 Å². The number of nitrogens with zero attached hydrogens (tertiary/aromatic N) is 1. The largest absolute Gasteiger partial charge is 0.324 e. The summed E-state index contributed by atoms with van der Waals surface area (Å²) in [5.41, 5.74) is 10.2. The molecular formula is C18H18N2. The smallest absolute Gasteiger partial charge is 0.0346 e. The Balaban J connectivity index is 1.97. The summed E-state index contributed by atoms with van der Waals surface area (Å²) in [5, 5.41) is 2.34. The number of benzene rings is 2. The van der Waals surface area contributed by atoms with E-state index in [-0.39, 0.29) is 6.04 Å². The van der Waals surface area contributed by atoms with Gasteiger partial charge < -0.3 is 5.73 Å². The van der Waals surface area contributed by atoms with Crippen molar-refractivity contribution in [2.45, 2.75) is 19.4 Å². The zero-order chi connectivity index (χ0) is 13.9. The van der Waals surface area contributed by atoms with Crippen LogP contribution in [0.25, 0.3) is 10.8 Å². The number of rotatable bonds is 3. The second kappa shape index (κ2) is 5.43. The van der Waals surface area contributed by atoms with Gasteiger partial charge in [-0.2, -0.15) is 0 Å². The van der Waals surface area contributed by atoms with E-state index in [1.165, 1.54) is 22.1 Å². The molecule has 0 saturated heterocycles. The fraction of sp³-hybridized carbons (Fsp3) is 0.167. The number of nitrogens with two attached hydrogens (primary N) is 1. The van der Waals surface area contributed by atoms with Crippen LogP contribution in [-0.4, -0.2) is 4.98 Å². The van der Waals surface area contributed by atoms with Gasteiger partial charge in [-0.25, -0.2) is 0 Å². The average molecular weight is 262 g/mol. The third kappa shape index (κ3) is 2.43. The average Bonchev–Trinajstić information content (AvgIpc) is 2.49. The van der Waals surface area contributed by atoms with E-state index in [0.717, 1.165) is 11.8 Å². The number of fused-ring (bicyclic) bond motifs is 1. The van der Waals surface area contributed by atoms with E-state index in [4.69, 9.17) is 5.73 Å². The van der Waals surface area contributed by atoms with Gasteiger partial charge in [0.25, 0.3) is 0 Å². The van der Waals surface area contributed by atoms with Gasteiger partial charge in [-0.1, -0.05) is 42.5 Å². The molecule has 0 fully saturated rings. The van der Waals surface area contributed by atoms with E-state index in [9.17, 15) is 0 Å². The van der Waals surface area contributed by atoms with Gasteiger partial charge in [-0.05, 0) is 41.5 Å². The van der Waals surface area contributed by atoms with Crippen LogP contribution in [-0.2, 0) is 6.42 Å². The molecule has 2 heteroatoms. The first-order chi connectivity index (χ1) is 9.75. The number of aryl methyl sites for hydroxylation is 1. The highest BCUT2D eigenvalue weighted by molar-refractivity contribution is 5.85. The van der Waals surface area contributed by atoms with Crippen LogP contribution < -0.4 is 5.73 Å². The summed E-state index contributed by atoms with van der Waals surface area (Å²) in [6.07, 6.45) is 4.57. The van der Waals surface area contributed by atoms with Crippen LogP contribution in [0.4, 0.5) is 0 Å². The lowest BCUT2D eigenvalue weighted by atomic mass is 9.94. The van der Waals surface area contributed by atoms with Crippen molar-refractivity contribution in [1.82, 2.24) is 4.98 Å². The molecule has 3 aromatic rings. The quantitative estimate of drug-likeness (QED) is 0.780. The molecule has 0 aliphatic carbocycles. The molecule has 1 unspecified atom stereocenters. The second-order valence-corrected chi connectivity index (χ2v) is 5.18. The molecule has 0 saturated carbocycles. The van der Waals surface area contributed by atoms with E-state index in [1.54, 1.807) is 0 Å². The van der Waals surface area contributed by atoms with Crippen molar-refractivity contribution < 1.29 is 0 Å². The highest BCUT2D eigenvalue weighted by Crippen LogP contribution is 2.25. The number of hydrogen-bond acceptors (Lipinski definition) is 2. The van der Waals surface area contributed by atoms with Crippen LogP contribution in [0.5, 0.6) is 0 Å². The van der Waals surface area contributed by atoms with E-state index >= 15 is 0 Å². The highest BCUT2D eigenvalue weighted by atomic mass is 14.6. The van der Waals surface area contributed by atoms with E-state index in [0.29, 0.717) is 0 Å². The van der Waals surface area contributed by atoms with Crippen molar-refractivity contribution >= 4 is 10.8 Å². The molecule has 2 aromatic carbocycles. The number of hydrogen-bond donors (Lipinski definition) is 1. The summed E-state index contributed by atoms with van der Waals surface area (Å²) in [6.45, 7) is 2.13. The van der Waals surface area contributed by atoms with E-state index in [1.807, 2.05) is 18.5 Å². The molecule has 1 heterocycles. The first-order valence-electron chi connectivity index (χ1n) is 6.88. The second-order valence-electron chi connectivity index (χ2n) is 5.18.